The van der Waals surface area contributed by atoms with E-state index in [1.165, 1.54) is 24.5 Å². The highest BCUT2D eigenvalue weighted by Crippen LogP contribution is 2.37. The van der Waals surface area contributed by atoms with E-state index in [1.54, 1.807) is 31.2 Å². The second kappa shape index (κ2) is 10.4. The normalized spacial score (nSPS) is 12.8. The number of pyridine rings is 1. The van der Waals surface area contributed by atoms with E-state index in [0.717, 1.165) is 4.68 Å². The predicted octanol–water partition coefficient (Wildman–Crippen LogP) is 6.57. The highest BCUT2D eigenvalue weighted by molar-refractivity contribution is 6.31. The first-order valence-electron chi connectivity index (χ1n) is 11.0. The second-order valence-electron chi connectivity index (χ2n) is 8.31. The zero-order valence-corrected chi connectivity index (χ0v) is 20.2. The fourth-order valence-corrected chi connectivity index (χ4v) is 4.12. The van der Waals surface area contributed by atoms with Crippen LogP contribution >= 0.6 is 11.6 Å². The Balaban J connectivity index is 1.75. The van der Waals surface area contributed by atoms with Crippen LogP contribution in [-0.2, 0) is 18.9 Å². The molecule has 4 rings (SSSR count). The van der Waals surface area contributed by atoms with Crippen LogP contribution in [0.1, 0.15) is 45.7 Å². The zero-order chi connectivity index (χ0) is 27.7. The van der Waals surface area contributed by atoms with E-state index in [1.807, 2.05) is 0 Å². The molecule has 13 heteroatoms. The van der Waals surface area contributed by atoms with E-state index in [-0.39, 0.29) is 23.0 Å². The van der Waals surface area contributed by atoms with Crippen molar-refractivity contribution in [3.63, 3.8) is 0 Å². The van der Waals surface area contributed by atoms with Crippen LogP contribution in [0, 0.1) is 0 Å². The molecule has 38 heavy (non-hydrogen) atoms. The van der Waals surface area contributed by atoms with Gasteiger partial charge in [-0.3, -0.25) is 9.78 Å². The number of hydrogen-bond donors (Lipinski definition) is 1. The maximum Gasteiger partial charge on any atom is 0.416 e. The summed E-state index contributed by atoms with van der Waals surface area (Å²) in [4.78, 5) is 17.1. The van der Waals surface area contributed by atoms with Crippen LogP contribution in [0.2, 0.25) is 5.02 Å². The minimum absolute atomic E-state index is 0.0452. The Hall–Kier alpha value is -3.93. The van der Waals surface area contributed by atoms with Gasteiger partial charge >= 0.3 is 12.4 Å². The molecule has 1 atom stereocenters. The number of carbonyl (C=O) groups excluding carboxylic acids is 1. The van der Waals surface area contributed by atoms with Gasteiger partial charge in [-0.05, 0) is 54.4 Å². The van der Waals surface area contributed by atoms with Crippen molar-refractivity contribution in [2.45, 2.75) is 31.9 Å². The summed E-state index contributed by atoms with van der Waals surface area (Å²) in [6.45, 7) is 1.17. The number of benzene rings is 2. The van der Waals surface area contributed by atoms with Crippen LogP contribution in [0.4, 0.5) is 26.3 Å². The van der Waals surface area contributed by atoms with Crippen LogP contribution in [0.25, 0.3) is 11.3 Å². The predicted molar refractivity (Wildman–Crippen MR) is 126 cm³/mol. The SMILES string of the molecule is C[C@@H](NC(=O)c1nnn(Cc2cc(C(F)(F)F)cc(C(F)(F)F)c2)c1-c1ccncc1)c1ccccc1Cl. The van der Waals surface area contributed by atoms with E-state index in [9.17, 15) is 31.1 Å². The van der Waals surface area contributed by atoms with Gasteiger partial charge in [0.15, 0.2) is 5.69 Å². The lowest BCUT2D eigenvalue weighted by molar-refractivity contribution is -0.143. The molecular formula is C25H18ClF6N5O. The summed E-state index contributed by atoms with van der Waals surface area (Å²) in [5.41, 5.74) is -2.34. The van der Waals surface area contributed by atoms with Gasteiger partial charge in [0, 0.05) is 23.0 Å². The lowest BCUT2D eigenvalue weighted by atomic mass is 10.0. The maximum atomic E-state index is 13.3. The number of nitrogens with one attached hydrogen (secondary N) is 1. The summed E-state index contributed by atoms with van der Waals surface area (Å²) < 4.78 is 81.2. The van der Waals surface area contributed by atoms with Crippen molar-refractivity contribution < 1.29 is 31.1 Å². The third-order valence-electron chi connectivity index (χ3n) is 5.60. The largest absolute Gasteiger partial charge is 0.416 e. The standard InChI is InChI=1S/C25H18ClF6N5O/c1-14(19-4-2-3-5-20(19)26)34-23(38)21-22(16-6-8-33-9-7-16)37(36-35-21)13-15-10-17(24(27,28)29)12-18(11-15)25(30,31)32/h2-12,14H,13H2,1H3,(H,34,38)/t14-/m1/s1. The molecule has 0 fully saturated rings. The molecule has 0 saturated carbocycles. The molecule has 2 aromatic heterocycles. The highest BCUT2D eigenvalue weighted by atomic mass is 35.5. The Morgan fingerprint density at radius 2 is 1.58 bits per heavy atom. The van der Waals surface area contributed by atoms with Crippen LogP contribution in [0.3, 0.4) is 0 Å². The van der Waals surface area contributed by atoms with E-state index < -0.39 is 42.0 Å². The summed E-state index contributed by atoms with van der Waals surface area (Å²) in [6.07, 6.45) is -7.20. The lowest BCUT2D eigenvalue weighted by Crippen LogP contribution is -2.27. The first-order chi connectivity index (χ1) is 17.8. The van der Waals surface area contributed by atoms with Gasteiger partial charge in [-0.15, -0.1) is 5.10 Å². The van der Waals surface area contributed by atoms with Crippen molar-refractivity contribution in [1.82, 2.24) is 25.3 Å². The Kier molecular flexibility index (Phi) is 7.45. The first-order valence-corrected chi connectivity index (χ1v) is 11.4. The Morgan fingerprint density at radius 1 is 0.974 bits per heavy atom. The fraction of sp³-hybridized carbons (Fsp3) is 0.200. The van der Waals surface area contributed by atoms with Crippen molar-refractivity contribution in [2.24, 2.45) is 0 Å². The minimum atomic E-state index is -5.01. The van der Waals surface area contributed by atoms with Crippen LogP contribution in [0.15, 0.2) is 67.0 Å². The Morgan fingerprint density at radius 3 is 2.16 bits per heavy atom. The quantitative estimate of drug-likeness (QED) is 0.274. The van der Waals surface area contributed by atoms with Crippen LogP contribution in [0.5, 0.6) is 0 Å². The summed E-state index contributed by atoms with van der Waals surface area (Å²) in [5.74, 6) is -0.671. The Bertz CT molecular complexity index is 1420. The molecule has 0 saturated heterocycles. The molecule has 0 aliphatic heterocycles. The lowest BCUT2D eigenvalue weighted by Gasteiger charge is -2.16. The molecule has 0 unspecified atom stereocenters. The van der Waals surface area contributed by atoms with Gasteiger partial charge in [-0.1, -0.05) is 35.0 Å². The number of alkyl halides is 6. The van der Waals surface area contributed by atoms with Gasteiger partial charge in [-0.2, -0.15) is 26.3 Å². The molecule has 198 valence electrons. The molecule has 6 nitrogen and oxygen atoms in total. The topological polar surface area (TPSA) is 72.7 Å². The fourth-order valence-electron chi connectivity index (χ4n) is 3.82. The second-order valence-corrected chi connectivity index (χ2v) is 8.72. The van der Waals surface area contributed by atoms with Crippen molar-refractivity contribution >= 4 is 17.5 Å². The van der Waals surface area contributed by atoms with E-state index in [2.05, 4.69) is 20.6 Å². The van der Waals surface area contributed by atoms with E-state index in [0.29, 0.717) is 28.3 Å². The number of hydrogen-bond acceptors (Lipinski definition) is 4. The van der Waals surface area contributed by atoms with Gasteiger partial charge in [-0.25, -0.2) is 4.68 Å². The molecule has 0 radical (unpaired) electrons. The molecule has 1 amide bonds. The van der Waals surface area contributed by atoms with Crippen LogP contribution in [-0.4, -0.2) is 25.9 Å². The number of halogens is 7. The summed E-state index contributed by atoms with van der Waals surface area (Å²) in [7, 11) is 0. The third-order valence-corrected chi connectivity index (χ3v) is 5.95. The summed E-state index contributed by atoms with van der Waals surface area (Å²) >= 11 is 6.21. The number of rotatable bonds is 6. The van der Waals surface area contributed by atoms with Gasteiger partial charge < -0.3 is 5.32 Å². The van der Waals surface area contributed by atoms with Crippen LogP contribution < -0.4 is 5.32 Å². The van der Waals surface area contributed by atoms with E-state index >= 15 is 0 Å². The molecule has 0 spiro atoms. The minimum Gasteiger partial charge on any atom is -0.344 e. The Labute approximate surface area is 217 Å². The molecule has 0 aliphatic carbocycles. The van der Waals surface area contributed by atoms with Crippen molar-refractivity contribution in [3.05, 3.63) is 100.0 Å². The monoisotopic (exact) mass is 553 g/mol. The molecular weight excluding hydrogens is 536 g/mol. The summed E-state index contributed by atoms with van der Waals surface area (Å²) in [5, 5.41) is 11.0. The smallest absolute Gasteiger partial charge is 0.344 e. The summed E-state index contributed by atoms with van der Waals surface area (Å²) in [6, 6.07) is 10.6. The number of aromatic nitrogens is 4. The first kappa shape index (κ1) is 27.1. The maximum absolute atomic E-state index is 13.3. The van der Waals surface area contributed by atoms with Crippen molar-refractivity contribution in [2.75, 3.05) is 0 Å². The van der Waals surface area contributed by atoms with Crippen molar-refractivity contribution in [3.8, 4) is 11.3 Å². The van der Waals surface area contributed by atoms with Gasteiger partial charge in [0.1, 0.15) is 5.69 Å². The van der Waals surface area contributed by atoms with Crippen molar-refractivity contribution in [1.29, 1.82) is 0 Å². The highest BCUT2D eigenvalue weighted by Gasteiger charge is 2.37. The number of amides is 1. The molecule has 1 N–H and O–H groups in total. The average molecular weight is 554 g/mol. The molecule has 4 aromatic rings. The molecule has 0 aliphatic rings. The zero-order valence-electron chi connectivity index (χ0n) is 19.5. The number of nitrogens with zero attached hydrogens (tertiary/aromatic N) is 4. The van der Waals surface area contributed by atoms with Gasteiger partial charge in [0.05, 0.1) is 23.7 Å². The number of carbonyl (C=O) groups is 1. The molecule has 0 bridgehead atoms. The third kappa shape index (κ3) is 5.96. The molecule has 2 aromatic carbocycles. The van der Waals surface area contributed by atoms with Gasteiger partial charge in [0.2, 0.25) is 0 Å². The van der Waals surface area contributed by atoms with Gasteiger partial charge in [0.25, 0.3) is 5.91 Å². The van der Waals surface area contributed by atoms with E-state index in [4.69, 9.17) is 11.6 Å². The average Bonchev–Trinajstić information content (AvgIpc) is 3.27. The molecule has 2 heterocycles.